The molecular formula is C74H103N13O19P2S2. The highest BCUT2D eigenvalue weighted by molar-refractivity contribution is 8.55. The molecule has 1 saturated heterocycles. The maximum Gasteiger partial charge on any atom is 0.407 e. The monoisotopic (exact) mass is 1600 g/mol. The number of hydroxylamine groups is 2. The van der Waals surface area contributed by atoms with E-state index in [1.807, 2.05) is 86.5 Å². The Labute approximate surface area is 651 Å². The first kappa shape index (κ1) is 94.9. The number of hydrogen-bond acceptors (Lipinski definition) is 26. The maximum absolute atomic E-state index is 12.6. The highest BCUT2D eigenvalue weighted by Gasteiger charge is 2.33. The fourth-order valence-corrected chi connectivity index (χ4v) is 13.6. The summed E-state index contributed by atoms with van der Waals surface area (Å²) in [5.74, 6) is 0.878. The third-order valence-electron chi connectivity index (χ3n) is 14.5. The second-order valence-corrected chi connectivity index (χ2v) is 34.6. The van der Waals surface area contributed by atoms with Crippen LogP contribution >= 0.6 is 36.4 Å². The van der Waals surface area contributed by atoms with Crippen LogP contribution in [0, 0.1) is 24.7 Å². The molecule has 1 fully saturated rings. The van der Waals surface area contributed by atoms with Gasteiger partial charge in [-0.2, -0.15) is 20.5 Å². The van der Waals surface area contributed by atoms with Crippen molar-refractivity contribution in [2.24, 2.45) is 26.2 Å². The van der Waals surface area contributed by atoms with E-state index in [-0.39, 0.29) is 113 Å². The molecule has 5 rings (SSSR count). The number of nitrogens with zero attached hydrogens (tertiary/aromatic N) is 7. The summed E-state index contributed by atoms with van der Waals surface area (Å²) in [5.41, 5.74) is 10.2. The molecule has 32 nitrogen and oxygen atoms in total. The number of azo groups is 2. The predicted octanol–water partition coefficient (Wildman–Crippen LogP) is 12.0. The van der Waals surface area contributed by atoms with Crippen molar-refractivity contribution in [2.45, 2.75) is 155 Å². The summed E-state index contributed by atoms with van der Waals surface area (Å²) >= 11 is 1.11. The van der Waals surface area contributed by atoms with Crippen LogP contribution in [0.2, 0.25) is 0 Å². The number of imide groups is 1. The predicted molar refractivity (Wildman–Crippen MR) is 423 cm³/mol. The largest absolute Gasteiger partial charge is 0.444 e. The third kappa shape index (κ3) is 42.0. The van der Waals surface area contributed by atoms with Crippen LogP contribution in [0.3, 0.4) is 0 Å². The van der Waals surface area contributed by atoms with E-state index in [2.05, 4.69) is 63.7 Å². The molecule has 110 heavy (non-hydrogen) atoms. The molecule has 36 heteroatoms. The molecule has 0 bridgehead atoms. The van der Waals surface area contributed by atoms with Gasteiger partial charge in [-0.1, -0.05) is 11.8 Å². The van der Waals surface area contributed by atoms with Gasteiger partial charge in [0.25, 0.3) is 11.8 Å². The summed E-state index contributed by atoms with van der Waals surface area (Å²) in [6, 6.07) is 27.1. The van der Waals surface area contributed by atoms with Crippen molar-refractivity contribution >= 4 is 130 Å². The van der Waals surface area contributed by atoms with E-state index in [9.17, 15) is 66.9 Å². The Morgan fingerprint density at radius 3 is 1.30 bits per heavy atom. The maximum atomic E-state index is 12.6. The lowest BCUT2D eigenvalue weighted by molar-refractivity contribution is -0.197. The summed E-state index contributed by atoms with van der Waals surface area (Å²) in [7, 11) is 7.81. The number of terminal acetylenes is 2. The highest BCUT2D eigenvalue weighted by Crippen LogP contribution is 2.56. The molecule has 0 saturated carbocycles. The summed E-state index contributed by atoms with van der Waals surface area (Å²) in [4.78, 5) is 148. The first-order valence-corrected chi connectivity index (χ1v) is 41.6. The van der Waals surface area contributed by atoms with Crippen LogP contribution in [0.15, 0.2) is 118 Å². The average Bonchev–Trinajstić information content (AvgIpc) is 1.68. The van der Waals surface area contributed by atoms with Crippen LogP contribution in [0.1, 0.15) is 152 Å². The Kier molecular flexibility index (Phi) is 42.9. The Bertz CT molecular complexity index is 3890. The Hall–Kier alpha value is -9.34. The molecule has 4 aromatic rings. The number of carbonyl (C=O) groups is 10. The van der Waals surface area contributed by atoms with Crippen LogP contribution in [-0.2, 0) is 61.3 Å². The number of nitrogens with one attached hydrogen (secondary N) is 5. The fraction of sp³-hybridized carbons (Fsp3) is 0.486. The van der Waals surface area contributed by atoms with Gasteiger partial charge in [0.15, 0.2) is 11.6 Å². The molecule has 1 heterocycles. The van der Waals surface area contributed by atoms with Crippen molar-refractivity contribution in [2.75, 3.05) is 88.9 Å². The number of anilines is 2. The molecular weight excluding hydrogens is 1500 g/mol. The molecule has 1 aliphatic rings. The Balaban J connectivity index is 0.000000468. The lowest BCUT2D eigenvalue weighted by atomic mass is 10.1. The normalized spacial score (nSPS) is 13.6. The molecule has 0 aromatic heterocycles. The van der Waals surface area contributed by atoms with Gasteiger partial charge >= 0.3 is 31.8 Å². The van der Waals surface area contributed by atoms with Crippen LogP contribution < -0.4 is 42.1 Å². The van der Waals surface area contributed by atoms with E-state index in [1.165, 1.54) is 0 Å². The number of ether oxygens (including phenoxy) is 2. The minimum atomic E-state index is -4.09. The summed E-state index contributed by atoms with van der Waals surface area (Å²) in [6.07, 6.45) is 12.8. The van der Waals surface area contributed by atoms with Gasteiger partial charge in [-0.15, -0.1) is 17.9 Å². The molecule has 1 aliphatic heterocycles. The van der Waals surface area contributed by atoms with Crippen molar-refractivity contribution in [3.63, 3.8) is 0 Å². The smallest absolute Gasteiger partial charge is 0.407 e. The Morgan fingerprint density at radius 1 is 0.545 bits per heavy atom. The van der Waals surface area contributed by atoms with Gasteiger partial charge in [0.1, 0.15) is 17.2 Å². The number of nitrogens with two attached hydrogens (primary N) is 1. The fourth-order valence-electron chi connectivity index (χ4n) is 8.95. The second kappa shape index (κ2) is 49.7. The molecule has 7 amide bonds. The van der Waals surface area contributed by atoms with Gasteiger partial charge in [-0.25, -0.2) is 23.5 Å². The molecule has 9 N–H and O–H groups in total. The summed E-state index contributed by atoms with van der Waals surface area (Å²) < 4.78 is 45.0. The molecule has 4 atom stereocenters. The molecule has 0 aliphatic carbocycles. The number of unbranched alkanes of at least 4 members (excludes halogenated alkanes) is 2. The quantitative estimate of drug-likeness (QED) is 0.00510. The minimum Gasteiger partial charge on any atom is -0.444 e. The number of hydrogen-bond donors (Lipinski definition) is 8. The van der Waals surface area contributed by atoms with Crippen LogP contribution in [0.4, 0.5) is 43.7 Å². The number of ketones is 2. The van der Waals surface area contributed by atoms with Gasteiger partial charge in [0.05, 0.1) is 61.5 Å². The zero-order valence-corrected chi connectivity index (χ0v) is 67.3. The van der Waals surface area contributed by atoms with Crippen molar-refractivity contribution in [1.29, 1.82) is 0 Å². The van der Waals surface area contributed by atoms with Gasteiger partial charge in [-0.05, 0) is 213 Å². The van der Waals surface area contributed by atoms with Crippen molar-refractivity contribution in [1.82, 2.24) is 31.6 Å². The van der Waals surface area contributed by atoms with Gasteiger partial charge in [0, 0.05) is 107 Å². The lowest BCUT2D eigenvalue weighted by Gasteiger charge is -2.20. The van der Waals surface area contributed by atoms with Gasteiger partial charge < -0.3 is 75.3 Å². The van der Waals surface area contributed by atoms with Gasteiger partial charge in [-0.3, -0.25) is 33.6 Å². The summed E-state index contributed by atoms with van der Waals surface area (Å²) in [5, 5.41) is 30.2. The number of rotatable bonds is 42. The van der Waals surface area contributed by atoms with Crippen molar-refractivity contribution in [3.05, 3.63) is 108 Å². The van der Waals surface area contributed by atoms with E-state index in [0.717, 1.165) is 24.2 Å². The highest BCUT2D eigenvalue weighted by atomic mass is 32.7. The minimum absolute atomic E-state index is 0.00937. The number of benzene rings is 4. The molecule has 0 spiro atoms. The standard InChI is InChI=1S/C35H49N6O8PS.C25H29N4O8PS.C14H25N3O3/c1-7-22-36-33(44)30(11-8-9-23-37-34(45)49-35(2,3)4)38-32(43)21-25-51-50(46,47)48-24-10-12-31(42)26-13-15-27(16-14-26)39-40-28-17-19-29(20-18-28)41(5)6;1-28(2)21-11-9-20(10-12-21)27-26-19-7-5-18(6-8-19)22(30)4-3-16-36-38(34,35)39-17-15-25(33)37-29-23(31)13-14-24(29)32;1-5-9-16-12(18)11(15)8-6-7-10-17-13(19)20-14(2,3)4/h1,13-20,30H,8-12,21-25H2,2-6H3,(H,36,44)(H,37,45)(H,38,43)(H,46,47);5-12H,3-4,13-17H2,1-2H3,(H,34,35);1,11H,6-10,15H2,2-4H3,(H,16,18)(H,17,19). The van der Waals surface area contributed by atoms with Crippen LogP contribution in [-0.4, -0.2) is 176 Å². The molecule has 4 unspecified atom stereocenters. The van der Waals surface area contributed by atoms with E-state index >= 15 is 0 Å². The zero-order chi connectivity index (χ0) is 81.9. The van der Waals surface area contributed by atoms with Crippen LogP contribution in [0.5, 0.6) is 0 Å². The topological polar surface area (TPSA) is 437 Å². The zero-order valence-electron chi connectivity index (χ0n) is 63.9. The molecule has 0 radical (unpaired) electrons. The number of alkyl carbamates (subject to hydrolysis) is 2. The van der Waals surface area contributed by atoms with Crippen molar-refractivity contribution < 1.29 is 90.2 Å². The first-order valence-electron chi connectivity index (χ1n) is 35.2. The van der Waals surface area contributed by atoms with Gasteiger partial charge in [0.2, 0.25) is 17.7 Å². The lowest BCUT2D eigenvalue weighted by Crippen LogP contribution is -2.47. The number of carbonyl (C=O) groups excluding carboxylic acids is 10. The van der Waals surface area contributed by atoms with E-state index in [4.69, 9.17) is 37.1 Å². The number of amides is 7. The third-order valence-corrected chi connectivity index (χ3v) is 20.7. The van der Waals surface area contributed by atoms with Crippen molar-refractivity contribution in [3.8, 4) is 24.7 Å². The Morgan fingerprint density at radius 2 is 0.918 bits per heavy atom. The molecule has 600 valence electrons. The first-order chi connectivity index (χ1) is 51.9. The summed E-state index contributed by atoms with van der Waals surface area (Å²) in [6.45, 7) is 3.28. The molecule has 4 aromatic carbocycles. The van der Waals surface area contributed by atoms with E-state index < -0.39 is 78.7 Å². The van der Waals surface area contributed by atoms with E-state index in [1.54, 1.807) is 90.1 Å². The van der Waals surface area contributed by atoms with Crippen LogP contribution in [0.25, 0.3) is 0 Å². The number of Topliss-reactive ketones (excluding diaryl/α,β-unsaturated/α-hetero) is 2. The second-order valence-electron chi connectivity index (χ2n) is 26.6. The SMILES string of the molecule is C#CCNC(=O)C(CCCCNC(=O)OC(C)(C)C)NC(=O)CCSP(=O)(O)OCCCC(=O)c1ccc(N=Nc2ccc(N(C)C)cc2)cc1.C#CCNC(=O)C(N)CCCCNC(=O)OC(C)(C)C.CN(C)c1ccc(N=Nc2ccc(C(=O)CCCOP(=O)(O)SCCC(=O)ON3C(=O)CCC3=O)cc2)cc1. The van der Waals surface area contributed by atoms with E-state index in [0.29, 0.717) is 94.1 Å². The average molecular weight is 1600 g/mol.